The van der Waals surface area contributed by atoms with Crippen molar-refractivity contribution in [3.63, 3.8) is 0 Å². The molecule has 0 spiro atoms. The number of hydrogen-bond donors (Lipinski definition) is 4. The lowest BCUT2D eigenvalue weighted by molar-refractivity contribution is -0.384. The zero-order chi connectivity index (χ0) is 14.9. The van der Waals surface area contributed by atoms with E-state index < -0.39 is 42.1 Å². The molecule has 110 valence electrons. The van der Waals surface area contributed by atoms with Gasteiger partial charge < -0.3 is 25.2 Å². The van der Waals surface area contributed by atoms with E-state index in [4.69, 9.17) is 9.84 Å². The minimum absolute atomic E-state index is 0.113. The van der Waals surface area contributed by atoms with E-state index in [9.17, 15) is 25.4 Å². The van der Waals surface area contributed by atoms with Crippen LogP contribution in [0.25, 0.3) is 0 Å². The van der Waals surface area contributed by atoms with Gasteiger partial charge in [0.1, 0.15) is 30.5 Å². The van der Waals surface area contributed by atoms with E-state index in [1.807, 2.05) is 0 Å². The number of non-ortho nitro benzene ring substituents is 1. The molecule has 0 saturated carbocycles. The first-order chi connectivity index (χ1) is 9.45. The molecule has 1 saturated heterocycles. The molecule has 1 fully saturated rings. The Balaban J connectivity index is 2.24. The Bertz CT molecular complexity index is 475. The third-order valence-electron chi connectivity index (χ3n) is 3.32. The van der Waals surface area contributed by atoms with Crippen molar-refractivity contribution in [3.05, 3.63) is 39.9 Å². The van der Waals surface area contributed by atoms with Crippen molar-refractivity contribution in [1.29, 1.82) is 0 Å². The second kappa shape index (κ2) is 5.81. The van der Waals surface area contributed by atoms with Gasteiger partial charge in [0.2, 0.25) is 0 Å². The molecule has 8 nitrogen and oxygen atoms in total. The zero-order valence-electron chi connectivity index (χ0n) is 10.4. The largest absolute Gasteiger partial charge is 0.394 e. The van der Waals surface area contributed by atoms with Gasteiger partial charge in [0.05, 0.1) is 11.5 Å². The quantitative estimate of drug-likeness (QED) is 0.418. The number of nitro groups is 1. The van der Waals surface area contributed by atoms with Crippen molar-refractivity contribution >= 4 is 5.69 Å². The SMILES string of the molecule is O=[N+]([O-])c1ccc([C@H]2O[C@H](CO)[C@H](O)[C@H](O)[C@H]2O)cc1. The molecule has 0 bridgehead atoms. The maximum atomic E-state index is 10.6. The summed E-state index contributed by atoms with van der Waals surface area (Å²) in [7, 11) is 0. The first-order valence-corrected chi connectivity index (χ1v) is 6.00. The van der Waals surface area contributed by atoms with E-state index in [-0.39, 0.29) is 5.69 Å². The average molecular weight is 285 g/mol. The summed E-state index contributed by atoms with van der Waals surface area (Å²) in [5.41, 5.74) is 0.297. The fraction of sp³-hybridized carbons (Fsp3) is 0.500. The summed E-state index contributed by atoms with van der Waals surface area (Å²) in [6.07, 6.45) is -6.28. The Hall–Kier alpha value is -1.58. The maximum absolute atomic E-state index is 10.6. The highest BCUT2D eigenvalue weighted by molar-refractivity contribution is 5.34. The van der Waals surface area contributed by atoms with Gasteiger partial charge in [0.25, 0.3) is 5.69 Å². The van der Waals surface area contributed by atoms with E-state index in [2.05, 4.69) is 0 Å². The van der Waals surface area contributed by atoms with Crippen LogP contribution in [-0.2, 0) is 4.74 Å². The van der Waals surface area contributed by atoms with Crippen LogP contribution in [0.1, 0.15) is 11.7 Å². The summed E-state index contributed by atoms with van der Waals surface area (Å²) in [6.45, 7) is -0.519. The van der Waals surface area contributed by atoms with Gasteiger partial charge in [-0.2, -0.15) is 0 Å². The normalized spacial score (nSPS) is 33.9. The van der Waals surface area contributed by atoms with Crippen molar-refractivity contribution in [2.75, 3.05) is 6.61 Å². The lowest BCUT2D eigenvalue weighted by Gasteiger charge is -2.40. The molecular weight excluding hydrogens is 270 g/mol. The smallest absolute Gasteiger partial charge is 0.269 e. The molecule has 0 aliphatic carbocycles. The molecule has 2 rings (SSSR count). The van der Waals surface area contributed by atoms with Crippen molar-refractivity contribution in [3.8, 4) is 0 Å². The molecule has 0 radical (unpaired) electrons. The van der Waals surface area contributed by atoms with Gasteiger partial charge in [-0.15, -0.1) is 0 Å². The molecule has 1 heterocycles. The molecule has 8 heteroatoms. The van der Waals surface area contributed by atoms with Gasteiger partial charge in [0, 0.05) is 12.1 Å². The lowest BCUT2D eigenvalue weighted by atomic mass is 9.91. The Labute approximate surface area is 114 Å². The molecule has 0 aromatic heterocycles. The summed E-state index contributed by atoms with van der Waals surface area (Å²) in [5.74, 6) is 0. The van der Waals surface area contributed by atoms with Gasteiger partial charge in [-0.05, 0) is 17.7 Å². The molecule has 5 atom stereocenters. The maximum Gasteiger partial charge on any atom is 0.269 e. The van der Waals surface area contributed by atoms with Gasteiger partial charge in [-0.25, -0.2) is 0 Å². The number of nitrogens with zero attached hydrogens (tertiary/aromatic N) is 1. The van der Waals surface area contributed by atoms with Crippen LogP contribution in [0.15, 0.2) is 24.3 Å². The van der Waals surface area contributed by atoms with Crippen molar-refractivity contribution in [2.45, 2.75) is 30.5 Å². The minimum atomic E-state index is -1.47. The number of aliphatic hydroxyl groups is 4. The van der Waals surface area contributed by atoms with Crippen LogP contribution >= 0.6 is 0 Å². The highest BCUT2D eigenvalue weighted by atomic mass is 16.6. The first-order valence-electron chi connectivity index (χ1n) is 6.00. The summed E-state index contributed by atoms with van der Waals surface area (Å²) in [4.78, 5) is 10.0. The van der Waals surface area contributed by atoms with Gasteiger partial charge in [-0.3, -0.25) is 10.1 Å². The van der Waals surface area contributed by atoms with E-state index in [1.165, 1.54) is 24.3 Å². The number of benzene rings is 1. The fourth-order valence-electron chi connectivity index (χ4n) is 2.16. The fourth-order valence-corrected chi connectivity index (χ4v) is 2.16. The van der Waals surface area contributed by atoms with Crippen LogP contribution in [-0.4, -0.2) is 56.4 Å². The molecule has 0 unspecified atom stereocenters. The summed E-state index contributed by atoms with van der Waals surface area (Å²) >= 11 is 0. The van der Waals surface area contributed by atoms with Crippen molar-refractivity contribution < 1.29 is 30.1 Å². The molecule has 1 aromatic rings. The monoisotopic (exact) mass is 285 g/mol. The highest BCUT2D eigenvalue weighted by Crippen LogP contribution is 2.32. The van der Waals surface area contributed by atoms with Crippen LogP contribution < -0.4 is 0 Å². The Morgan fingerprint density at radius 1 is 1.10 bits per heavy atom. The minimum Gasteiger partial charge on any atom is -0.394 e. The molecule has 4 N–H and O–H groups in total. The predicted molar refractivity (Wildman–Crippen MR) is 65.8 cm³/mol. The number of nitro benzene ring substituents is 1. The van der Waals surface area contributed by atoms with Crippen LogP contribution in [0.3, 0.4) is 0 Å². The van der Waals surface area contributed by atoms with Crippen LogP contribution in [0.2, 0.25) is 0 Å². The van der Waals surface area contributed by atoms with E-state index in [0.29, 0.717) is 5.56 Å². The third-order valence-corrected chi connectivity index (χ3v) is 3.32. The molecule has 1 aliphatic heterocycles. The second-order valence-corrected chi connectivity index (χ2v) is 4.60. The van der Waals surface area contributed by atoms with Gasteiger partial charge >= 0.3 is 0 Å². The average Bonchev–Trinajstić information content (AvgIpc) is 2.45. The lowest BCUT2D eigenvalue weighted by Crippen LogP contribution is -2.55. The Morgan fingerprint density at radius 2 is 1.70 bits per heavy atom. The van der Waals surface area contributed by atoms with E-state index >= 15 is 0 Å². The standard InChI is InChI=1S/C12H15NO7/c14-5-8-9(15)10(16)11(17)12(20-8)6-1-3-7(4-2-6)13(18)19/h1-4,8-12,14-17H,5H2/t8-,9+,10+,11-,12-/m1/s1. The highest BCUT2D eigenvalue weighted by Gasteiger charge is 2.43. The second-order valence-electron chi connectivity index (χ2n) is 4.60. The molecule has 0 amide bonds. The predicted octanol–water partition coefficient (Wildman–Crippen LogP) is -0.890. The number of rotatable bonds is 3. The first kappa shape index (κ1) is 14.8. The summed E-state index contributed by atoms with van der Waals surface area (Å²) in [6, 6.07) is 5.28. The zero-order valence-corrected chi connectivity index (χ0v) is 10.4. The van der Waals surface area contributed by atoms with Crippen LogP contribution in [0, 0.1) is 10.1 Å². The van der Waals surface area contributed by atoms with Crippen molar-refractivity contribution in [1.82, 2.24) is 0 Å². The Kier molecular flexibility index (Phi) is 4.31. The van der Waals surface area contributed by atoms with E-state index in [1.54, 1.807) is 0 Å². The molecule has 1 aliphatic rings. The third kappa shape index (κ3) is 2.65. The number of ether oxygens (including phenoxy) is 1. The molecular formula is C12H15NO7. The summed E-state index contributed by atoms with van der Waals surface area (Å²) < 4.78 is 5.34. The molecule has 1 aromatic carbocycles. The van der Waals surface area contributed by atoms with Gasteiger partial charge in [-0.1, -0.05) is 0 Å². The van der Waals surface area contributed by atoms with Gasteiger partial charge in [0.15, 0.2) is 0 Å². The molecule has 20 heavy (non-hydrogen) atoms. The topological polar surface area (TPSA) is 133 Å². The van der Waals surface area contributed by atoms with Crippen LogP contribution in [0.5, 0.6) is 0 Å². The number of aliphatic hydroxyl groups excluding tert-OH is 4. The number of hydrogen-bond acceptors (Lipinski definition) is 7. The Morgan fingerprint density at radius 3 is 2.20 bits per heavy atom. The summed E-state index contributed by atoms with van der Waals surface area (Å²) in [5, 5.41) is 48.9. The van der Waals surface area contributed by atoms with Crippen molar-refractivity contribution in [2.24, 2.45) is 0 Å². The van der Waals surface area contributed by atoms with E-state index in [0.717, 1.165) is 0 Å². The van der Waals surface area contributed by atoms with Crippen LogP contribution in [0.4, 0.5) is 5.69 Å².